The summed E-state index contributed by atoms with van der Waals surface area (Å²) < 4.78 is 43.3. The summed E-state index contributed by atoms with van der Waals surface area (Å²) in [7, 11) is -3.62. The van der Waals surface area contributed by atoms with Gasteiger partial charge in [-0.15, -0.1) is 0 Å². The Bertz CT molecular complexity index is 728. The summed E-state index contributed by atoms with van der Waals surface area (Å²) in [6.45, 7) is 2.98. The van der Waals surface area contributed by atoms with E-state index >= 15 is 0 Å². The van der Waals surface area contributed by atoms with Gasteiger partial charge in [0.2, 0.25) is 5.91 Å². The van der Waals surface area contributed by atoms with Gasteiger partial charge in [0.15, 0.2) is 9.84 Å². The van der Waals surface area contributed by atoms with Crippen molar-refractivity contribution in [2.75, 3.05) is 13.2 Å². The number of carbonyl (C=O) groups is 1. The van der Waals surface area contributed by atoms with Gasteiger partial charge >= 0.3 is 0 Å². The van der Waals surface area contributed by atoms with Crippen molar-refractivity contribution >= 4 is 15.7 Å². The molecule has 7 heteroatoms. The molecule has 138 valence electrons. The molecule has 1 N–H and O–H groups in total. The molecule has 1 amide bonds. The molecule has 2 fully saturated rings. The molecule has 0 spiro atoms. The number of halogens is 1. The van der Waals surface area contributed by atoms with Crippen LogP contribution >= 0.6 is 0 Å². The highest BCUT2D eigenvalue weighted by Crippen LogP contribution is 2.43. The van der Waals surface area contributed by atoms with Crippen LogP contribution < -0.4 is 5.32 Å². The van der Waals surface area contributed by atoms with Crippen molar-refractivity contribution in [2.24, 2.45) is 5.92 Å². The van der Waals surface area contributed by atoms with Crippen molar-refractivity contribution in [3.63, 3.8) is 0 Å². The van der Waals surface area contributed by atoms with E-state index in [1.54, 1.807) is 6.92 Å². The highest BCUT2D eigenvalue weighted by Gasteiger charge is 2.48. The first-order valence-corrected chi connectivity index (χ1v) is 10.2. The van der Waals surface area contributed by atoms with Gasteiger partial charge in [-0.05, 0) is 63.3 Å². The predicted octanol–water partition coefficient (Wildman–Crippen LogP) is 2.45. The molecule has 3 rings (SSSR count). The van der Waals surface area contributed by atoms with Crippen molar-refractivity contribution in [3.05, 3.63) is 30.1 Å². The largest absolute Gasteiger partial charge is 0.381 e. The summed E-state index contributed by atoms with van der Waals surface area (Å²) in [4.78, 5) is 12.6. The van der Waals surface area contributed by atoms with Gasteiger partial charge in [-0.3, -0.25) is 4.79 Å². The fourth-order valence-electron chi connectivity index (χ4n) is 3.73. The number of hydrogen-bond acceptors (Lipinski definition) is 4. The molecule has 0 radical (unpaired) electrons. The molecular formula is C18H24FNO4S. The van der Waals surface area contributed by atoms with Crippen LogP contribution in [0.25, 0.3) is 0 Å². The third kappa shape index (κ3) is 3.72. The molecule has 25 heavy (non-hydrogen) atoms. The fraction of sp³-hybridized carbons (Fsp3) is 0.611. The van der Waals surface area contributed by atoms with Gasteiger partial charge < -0.3 is 10.1 Å². The molecule has 2 aliphatic rings. The minimum Gasteiger partial charge on any atom is -0.381 e. The predicted molar refractivity (Wildman–Crippen MR) is 91.3 cm³/mol. The molecule has 1 aliphatic carbocycles. The Labute approximate surface area is 147 Å². The zero-order valence-electron chi connectivity index (χ0n) is 14.3. The van der Waals surface area contributed by atoms with Gasteiger partial charge in [-0.1, -0.05) is 0 Å². The molecule has 0 aromatic heterocycles. The van der Waals surface area contributed by atoms with E-state index in [0.717, 1.165) is 25.0 Å². The SMILES string of the molecule is C[C@]1(S(=O)(=O)c2ccc(F)cc2)CC[C@H](C(=O)NC2CCOCC2)C1. The minimum absolute atomic E-state index is 0.0649. The van der Waals surface area contributed by atoms with Gasteiger partial charge in [0.05, 0.1) is 9.64 Å². The van der Waals surface area contributed by atoms with Crippen molar-refractivity contribution in [1.82, 2.24) is 5.32 Å². The average Bonchev–Trinajstić information content (AvgIpc) is 3.00. The minimum atomic E-state index is -3.62. The van der Waals surface area contributed by atoms with Crippen molar-refractivity contribution in [2.45, 2.75) is 54.7 Å². The average molecular weight is 369 g/mol. The van der Waals surface area contributed by atoms with E-state index < -0.39 is 20.4 Å². The molecule has 5 nitrogen and oxygen atoms in total. The first kappa shape index (κ1) is 18.3. The Balaban J connectivity index is 1.69. The van der Waals surface area contributed by atoms with Crippen molar-refractivity contribution in [3.8, 4) is 0 Å². The monoisotopic (exact) mass is 369 g/mol. The molecule has 2 atom stereocenters. The van der Waals surface area contributed by atoms with Crippen LogP contribution in [0.5, 0.6) is 0 Å². The number of rotatable bonds is 4. The number of carbonyl (C=O) groups excluding carboxylic acids is 1. The van der Waals surface area contributed by atoms with Gasteiger partial charge in [-0.2, -0.15) is 0 Å². The van der Waals surface area contributed by atoms with E-state index in [-0.39, 0.29) is 22.8 Å². The van der Waals surface area contributed by atoms with E-state index in [9.17, 15) is 17.6 Å². The van der Waals surface area contributed by atoms with Crippen LogP contribution in [0, 0.1) is 11.7 Å². The molecule has 1 saturated carbocycles. The quantitative estimate of drug-likeness (QED) is 0.828. The van der Waals surface area contributed by atoms with Crippen LogP contribution in [-0.2, 0) is 19.4 Å². The Morgan fingerprint density at radius 2 is 1.84 bits per heavy atom. The van der Waals surface area contributed by atoms with Crippen molar-refractivity contribution in [1.29, 1.82) is 0 Å². The second kappa shape index (κ2) is 7.03. The van der Waals surface area contributed by atoms with Gasteiger partial charge in [-0.25, -0.2) is 12.8 Å². The van der Waals surface area contributed by atoms with Crippen LogP contribution in [0.15, 0.2) is 29.2 Å². The maximum absolute atomic E-state index is 13.1. The Kier molecular flexibility index (Phi) is 5.16. The van der Waals surface area contributed by atoms with E-state index in [1.165, 1.54) is 12.1 Å². The fourth-order valence-corrected chi connectivity index (χ4v) is 5.60. The number of sulfone groups is 1. The number of nitrogens with one attached hydrogen (secondary N) is 1. The first-order chi connectivity index (χ1) is 11.8. The lowest BCUT2D eigenvalue weighted by atomic mass is 10.0. The molecule has 1 aromatic carbocycles. The molecule has 1 heterocycles. The highest BCUT2D eigenvalue weighted by molar-refractivity contribution is 7.92. The summed E-state index contributed by atoms with van der Waals surface area (Å²) >= 11 is 0. The van der Waals surface area contributed by atoms with Gasteiger partial charge in [0.25, 0.3) is 0 Å². The Morgan fingerprint density at radius 3 is 2.48 bits per heavy atom. The highest BCUT2D eigenvalue weighted by atomic mass is 32.2. The van der Waals surface area contributed by atoms with Crippen molar-refractivity contribution < 1.29 is 22.3 Å². The van der Waals surface area contributed by atoms with Gasteiger partial charge in [0, 0.05) is 25.2 Å². The third-order valence-corrected chi connectivity index (χ3v) is 7.97. The maximum Gasteiger partial charge on any atom is 0.223 e. The number of ether oxygens (including phenoxy) is 1. The number of benzene rings is 1. The molecule has 1 saturated heterocycles. The first-order valence-electron chi connectivity index (χ1n) is 8.70. The summed E-state index contributed by atoms with van der Waals surface area (Å²) in [5.41, 5.74) is 0. The van der Waals surface area contributed by atoms with Gasteiger partial charge in [0.1, 0.15) is 5.82 Å². The van der Waals surface area contributed by atoms with E-state index in [0.29, 0.717) is 32.5 Å². The Hall–Kier alpha value is -1.47. The number of hydrogen-bond donors (Lipinski definition) is 1. The molecular weight excluding hydrogens is 345 g/mol. The van der Waals surface area contributed by atoms with E-state index in [4.69, 9.17) is 4.74 Å². The zero-order chi connectivity index (χ0) is 18.1. The molecule has 1 aliphatic heterocycles. The summed E-state index contributed by atoms with van der Waals surface area (Å²) in [5.74, 6) is -0.836. The third-order valence-electron chi connectivity index (χ3n) is 5.41. The van der Waals surface area contributed by atoms with Crippen LogP contribution in [-0.4, -0.2) is 38.3 Å². The summed E-state index contributed by atoms with van der Waals surface area (Å²) in [5, 5.41) is 3.03. The van der Waals surface area contributed by atoms with Crippen LogP contribution in [0.3, 0.4) is 0 Å². The van der Waals surface area contributed by atoms with E-state index in [1.807, 2.05) is 0 Å². The number of amides is 1. The maximum atomic E-state index is 13.1. The smallest absolute Gasteiger partial charge is 0.223 e. The van der Waals surface area contributed by atoms with E-state index in [2.05, 4.69) is 5.32 Å². The van der Waals surface area contributed by atoms with Crippen LogP contribution in [0.1, 0.15) is 39.0 Å². The molecule has 0 bridgehead atoms. The second-order valence-corrected chi connectivity index (χ2v) is 9.71. The summed E-state index contributed by atoms with van der Waals surface area (Å²) in [6, 6.07) is 5.01. The zero-order valence-corrected chi connectivity index (χ0v) is 15.1. The summed E-state index contributed by atoms with van der Waals surface area (Å²) in [6.07, 6.45) is 2.86. The molecule has 0 unspecified atom stereocenters. The Morgan fingerprint density at radius 1 is 1.20 bits per heavy atom. The molecule has 1 aromatic rings. The lowest BCUT2D eigenvalue weighted by Gasteiger charge is -2.26. The topological polar surface area (TPSA) is 72.5 Å². The van der Waals surface area contributed by atoms with Crippen LogP contribution in [0.4, 0.5) is 4.39 Å². The lowest BCUT2D eigenvalue weighted by Crippen LogP contribution is -2.42. The standard InChI is InChI=1S/C18H24FNO4S/c1-18(25(22,23)16-4-2-14(19)3-5-16)9-6-13(12-18)17(21)20-15-7-10-24-11-8-15/h2-5,13,15H,6-12H2,1H3,(H,20,21)/t13-,18-/m0/s1. The van der Waals surface area contributed by atoms with Crippen LogP contribution in [0.2, 0.25) is 0 Å². The lowest BCUT2D eigenvalue weighted by molar-refractivity contribution is -0.126. The normalized spacial score (nSPS) is 28.0. The second-order valence-electron chi connectivity index (χ2n) is 7.24.